The lowest BCUT2D eigenvalue weighted by Crippen LogP contribution is -2.29. The monoisotopic (exact) mass is 690 g/mol. The molecule has 0 bridgehead atoms. The van der Waals surface area contributed by atoms with E-state index in [4.69, 9.17) is 19.3 Å². The number of esters is 2. The summed E-state index contributed by atoms with van der Waals surface area (Å²) in [5.74, 6) is -1.00. The van der Waals surface area contributed by atoms with Crippen molar-refractivity contribution in [3.05, 3.63) is 85.1 Å². The summed E-state index contributed by atoms with van der Waals surface area (Å²) in [7, 11) is -4.77. The summed E-state index contributed by atoms with van der Waals surface area (Å²) in [6.45, 7) is 3.36. The number of carbonyl (C=O) groups is 2. The fourth-order valence-corrected chi connectivity index (χ4v) is 4.70. The van der Waals surface area contributed by atoms with Gasteiger partial charge in [-0.1, -0.05) is 131 Å². The summed E-state index contributed by atoms with van der Waals surface area (Å²) in [5.41, 5.74) is 0. The first-order chi connectivity index (χ1) is 23.3. The van der Waals surface area contributed by atoms with E-state index in [0.717, 1.165) is 70.6 Å². The van der Waals surface area contributed by atoms with Crippen LogP contribution in [0.4, 0.5) is 0 Å². The molecule has 0 aliphatic carbocycles. The molecule has 2 N–H and O–H groups in total. The van der Waals surface area contributed by atoms with Crippen LogP contribution in [0.5, 0.6) is 0 Å². The lowest BCUT2D eigenvalue weighted by atomic mass is 10.1. The first-order valence-corrected chi connectivity index (χ1v) is 19.4. The normalized spacial score (nSPS) is 13.5. The highest BCUT2D eigenvalue weighted by molar-refractivity contribution is 7.46. The summed E-state index contributed by atoms with van der Waals surface area (Å²) < 4.78 is 26.2. The van der Waals surface area contributed by atoms with Gasteiger partial charge in [-0.2, -0.15) is 0 Å². The average Bonchev–Trinajstić information content (AvgIpc) is 3.05. The van der Waals surface area contributed by atoms with Gasteiger partial charge in [-0.3, -0.25) is 14.1 Å². The fraction of sp³-hybridized carbons (Fsp3) is 0.590. The van der Waals surface area contributed by atoms with Gasteiger partial charge in [0.15, 0.2) is 6.10 Å². The second kappa shape index (κ2) is 34.1. The van der Waals surface area contributed by atoms with Crippen molar-refractivity contribution in [2.24, 2.45) is 0 Å². The third kappa shape index (κ3) is 36.1. The molecule has 8 nitrogen and oxygen atoms in total. The minimum Gasteiger partial charge on any atom is -0.462 e. The Bertz CT molecular complexity index is 1050. The number of carbonyl (C=O) groups excluding carboxylic acids is 2. The van der Waals surface area contributed by atoms with E-state index in [1.54, 1.807) is 0 Å². The first-order valence-electron chi connectivity index (χ1n) is 17.9. The van der Waals surface area contributed by atoms with Crippen LogP contribution in [0.25, 0.3) is 0 Å². The Labute approximate surface area is 291 Å². The van der Waals surface area contributed by atoms with Gasteiger partial charge in [0.2, 0.25) is 0 Å². The Morgan fingerprint density at radius 1 is 0.542 bits per heavy atom. The van der Waals surface area contributed by atoms with Crippen LogP contribution in [0.1, 0.15) is 129 Å². The van der Waals surface area contributed by atoms with Crippen molar-refractivity contribution in [3.63, 3.8) is 0 Å². The zero-order chi connectivity index (χ0) is 35.4. The van der Waals surface area contributed by atoms with E-state index in [-0.39, 0.29) is 19.4 Å². The largest absolute Gasteiger partial charge is 0.469 e. The fourth-order valence-electron chi connectivity index (χ4n) is 4.34. The molecule has 0 aliphatic rings. The van der Waals surface area contributed by atoms with Crippen molar-refractivity contribution in [3.8, 4) is 0 Å². The molecular formula is C39H63O8P. The van der Waals surface area contributed by atoms with E-state index in [1.165, 1.54) is 19.3 Å². The Kier molecular flexibility index (Phi) is 32.1. The van der Waals surface area contributed by atoms with Gasteiger partial charge in [0.1, 0.15) is 6.61 Å². The molecule has 272 valence electrons. The van der Waals surface area contributed by atoms with Crippen LogP contribution in [0.2, 0.25) is 0 Å². The van der Waals surface area contributed by atoms with Gasteiger partial charge in [0.05, 0.1) is 6.61 Å². The van der Waals surface area contributed by atoms with E-state index in [9.17, 15) is 14.2 Å². The van der Waals surface area contributed by atoms with Crippen molar-refractivity contribution >= 4 is 19.8 Å². The molecule has 0 saturated carbocycles. The SMILES string of the molecule is CC/C=C\C/C=C\C/C=C\C/C=C\CCC(=O)OC(COC(=O)CCCCCCCCC/C=C\C/C=C\C/C=C\CC)COP(=O)(O)O. The molecular weight excluding hydrogens is 627 g/mol. The molecule has 0 heterocycles. The number of ether oxygens (including phenoxy) is 2. The molecule has 0 aromatic heterocycles. The zero-order valence-electron chi connectivity index (χ0n) is 29.6. The second-order valence-electron chi connectivity index (χ2n) is 11.4. The smallest absolute Gasteiger partial charge is 0.462 e. The molecule has 9 heteroatoms. The molecule has 0 aromatic carbocycles. The number of hydrogen-bond donors (Lipinski definition) is 2. The maximum Gasteiger partial charge on any atom is 0.469 e. The summed E-state index contributed by atoms with van der Waals surface area (Å²) in [6.07, 6.45) is 44.6. The van der Waals surface area contributed by atoms with Crippen LogP contribution in [0.3, 0.4) is 0 Å². The van der Waals surface area contributed by atoms with E-state index in [0.29, 0.717) is 12.8 Å². The number of unbranched alkanes of at least 4 members (excludes halogenated alkanes) is 7. The summed E-state index contributed by atoms with van der Waals surface area (Å²) in [4.78, 5) is 42.6. The highest BCUT2D eigenvalue weighted by Crippen LogP contribution is 2.35. The van der Waals surface area contributed by atoms with Gasteiger partial charge < -0.3 is 19.3 Å². The van der Waals surface area contributed by atoms with Gasteiger partial charge in [0.25, 0.3) is 0 Å². The van der Waals surface area contributed by atoms with E-state index in [1.807, 2.05) is 12.2 Å². The lowest BCUT2D eigenvalue weighted by molar-refractivity contribution is -0.161. The summed E-state index contributed by atoms with van der Waals surface area (Å²) in [6, 6.07) is 0. The molecule has 1 atom stereocenters. The van der Waals surface area contributed by atoms with E-state index >= 15 is 0 Å². The quantitative estimate of drug-likeness (QED) is 0.0319. The van der Waals surface area contributed by atoms with Crippen molar-refractivity contribution in [2.75, 3.05) is 13.2 Å². The third-order valence-electron chi connectivity index (χ3n) is 6.92. The Morgan fingerprint density at radius 3 is 1.48 bits per heavy atom. The van der Waals surface area contributed by atoms with Crippen LogP contribution in [-0.4, -0.2) is 41.0 Å². The molecule has 0 rings (SSSR count). The van der Waals surface area contributed by atoms with Crippen molar-refractivity contribution < 1.29 is 37.9 Å². The standard InChI is InChI=1S/C39H63O8P/c1-3-5-7-9-11-13-15-17-18-19-20-22-23-25-27-29-31-33-38(40)45-35-37(36-46-48(42,43)44)47-39(41)34-32-30-28-26-24-21-16-14-12-10-8-6-4-2/h5-8,11-14,17-18,21,24,28,30,37H,3-4,9-10,15-16,19-20,22-23,25-27,29,31-36H2,1-2H3,(H2,42,43,44)/b7-5-,8-6-,13-11-,14-12-,18-17-,24-21-,30-28-. The summed E-state index contributed by atoms with van der Waals surface area (Å²) >= 11 is 0. The highest BCUT2D eigenvalue weighted by atomic mass is 31.2. The van der Waals surface area contributed by atoms with Crippen molar-refractivity contribution in [1.82, 2.24) is 0 Å². The van der Waals surface area contributed by atoms with Gasteiger partial charge in [-0.15, -0.1) is 0 Å². The van der Waals surface area contributed by atoms with Crippen LogP contribution in [0, 0.1) is 0 Å². The van der Waals surface area contributed by atoms with Gasteiger partial charge >= 0.3 is 19.8 Å². The van der Waals surface area contributed by atoms with Gasteiger partial charge in [0, 0.05) is 12.8 Å². The molecule has 0 radical (unpaired) electrons. The topological polar surface area (TPSA) is 119 Å². The number of hydrogen-bond acceptors (Lipinski definition) is 6. The van der Waals surface area contributed by atoms with E-state index < -0.39 is 32.5 Å². The third-order valence-corrected chi connectivity index (χ3v) is 7.41. The second-order valence-corrected chi connectivity index (χ2v) is 12.7. The molecule has 48 heavy (non-hydrogen) atoms. The highest BCUT2D eigenvalue weighted by Gasteiger charge is 2.22. The first kappa shape index (κ1) is 45.2. The molecule has 0 aromatic rings. The molecule has 1 unspecified atom stereocenters. The average molecular weight is 691 g/mol. The van der Waals surface area contributed by atoms with Crippen LogP contribution in [0.15, 0.2) is 85.1 Å². The molecule has 0 aliphatic heterocycles. The van der Waals surface area contributed by atoms with Gasteiger partial charge in [-0.05, 0) is 70.6 Å². The minimum atomic E-state index is -4.77. The van der Waals surface area contributed by atoms with Crippen molar-refractivity contribution in [2.45, 2.75) is 136 Å². The predicted molar refractivity (Wildman–Crippen MR) is 197 cm³/mol. The molecule has 0 saturated heterocycles. The van der Waals surface area contributed by atoms with Crippen LogP contribution < -0.4 is 0 Å². The zero-order valence-corrected chi connectivity index (χ0v) is 30.5. The maximum atomic E-state index is 12.3. The van der Waals surface area contributed by atoms with E-state index in [2.05, 4.69) is 91.3 Å². The number of allylic oxidation sites excluding steroid dienone is 14. The number of phosphoric acid groups is 1. The Hall–Kier alpha value is -2.77. The lowest BCUT2D eigenvalue weighted by Gasteiger charge is -2.18. The predicted octanol–water partition coefficient (Wildman–Crippen LogP) is 10.5. The van der Waals surface area contributed by atoms with Crippen LogP contribution >= 0.6 is 7.82 Å². The summed E-state index contributed by atoms with van der Waals surface area (Å²) in [5, 5.41) is 0. The molecule has 0 amide bonds. The molecule has 0 fully saturated rings. The van der Waals surface area contributed by atoms with Crippen molar-refractivity contribution in [1.29, 1.82) is 0 Å². The number of rotatable bonds is 31. The maximum absolute atomic E-state index is 12.3. The number of phosphoric ester groups is 1. The van der Waals surface area contributed by atoms with Gasteiger partial charge in [-0.25, -0.2) is 4.57 Å². The minimum absolute atomic E-state index is 0.0836. The Balaban J connectivity index is 4.10. The molecule has 0 spiro atoms. The Morgan fingerprint density at radius 2 is 0.979 bits per heavy atom. The van der Waals surface area contributed by atoms with Crippen LogP contribution in [-0.2, 0) is 28.2 Å².